The zero-order valence-corrected chi connectivity index (χ0v) is 16.4. The quantitative estimate of drug-likeness (QED) is 0.383. The number of fused-ring (bicyclic) bond motifs is 2. The van der Waals surface area contributed by atoms with E-state index in [1.54, 1.807) is 6.07 Å². The number of rotatable bonds is 6. The van der Waals surface area contributed by atoms with Crippen molar-refractivity contribution in [2.45, 2.75) is 13.0 Å². The lowest BCUT2D eigenvalue weighted by atomic mass is 10.00. The Kier molecular flexibility index (Phi) is 5.57. The fraction of sp³-hybridized carbons (Fsp3) is 0.125. The van der Waals surface area contributed by atoms with Gasteiger partial charge < -0.3 is 14.5 Å². The van der Waals surface area contributed by atoms with Gasteiger partial charge in [0.05, 0.1) is 6.04 Å². The summed E-state index contributed by atoms with van der Waals surface area (Å²) < 4.78 is 10.5. The molecule has 150 valence electrons. The fourth-order valence-corrected chi connectivity index (χ4v) is 3.27. The SMILES string of the molecule is C[C@@H](NC(=O)COC(=O)/C=C/c1nc2ccccc2o1)c1cccc2ccccc12. The van der Waals surface area contributed by atoms with E-state index < -0.39 is 5.97 Å². The number of oxazole rings is 1. The molecule has 0 aliphatic heterocycles. The lowest BCUT2D eigenvalue weighted by Crippen LogP contribution is -2.31. The number of nitrogens with zero attached hydrogens (tertiary/aromatic N) is 1. The van der Waals surface area contributed by atoms with Gasteiger partial charge in [-0.05, 0) is 35.4 Å². The Labute approximate surface area is 173 Å². The summed E-state index contributed by atoms with van der Waals surface area (Å²) in [5.74, 6) is -0.730. The van der Waals surface area contributed by atoms with Gasteiger partial charge in [0.1, 0.15) is 5.52 Å². The smallest absolute Gasteiger partial charge is 0.331 e. The molecular formula is C24H20N2O4. The molecule has 0 aliphatic carbocycles. The van der Waals surface area contributed by atoms with Crippen molar-refractivity contribution in [1.82, 2.24) is 10.3 Å². The van der Waals surface area contributed by atoms with Crippen LogP contribution in [-0.4, -0.2) is 23.5 Å². The van der Waals surface area contributed by atoms with Gasteiger partial charge in [-0.15, -0.1) is 0 Å². The Balaban J connectivity index is 1.32. The van der Waals surface area contributed by atoms with Crippen LogP contribution in [0.2, 0.25) is 0 Å². The molecule has 6 heteroatoms. The van der Waals surface area contributed by atoms with Crippen molar-refractivity contribution in [3.63, 3.8) is 0 Å². The molecule has 4 aromatic rings. The summed E-state index contributed by atoms with van der Waals surface area (Å²) >= 11 is 0. The van der Waals surface area contributed by atoms with E-state index in [4.69, 9.17) is 9.15 Å². The highest BCUT2D eigenvalue weighted by atomic mass is 16.5. The second-order valence-corrected chi connectivity index (χ2v) is 6.82. The van der Waals surface area contributed by atoms with Gasteiger partial charge in [-0.3, -0.25) is 4.79 Å². The first-order valence-electron chi connectivity index (χ1n) is 9.57. The van der Waals surface area contributed by atoms with Crippen LogP contribution in [0.5, 0.6) is 0 Å². The summed E-state index contributed by atoms with van der Waals surface area (Å²) in [4.78, 5) is 28.4. The van der Waals surface area contributed by atoms with Crippen molar-refractivity contribution < 1.29 is 18.7 Å². The number of aromatic nitrogens is 1. The van der Waals surface area contributed by atoms with Crippen LogP contribution in [0.4, 0.5) is 0 Å². The third-order valence-corrected chi connectivity index (χ3v) is 4.69. The third kappa shape index (κ3) is 4.38. The number of hydrogen-bond acceptors (Lipinski definition) is 5. The molecule has 0 spiro atoms. The fourth-order valence-electron chi connectivity index (χ4n) is 3.27. The molecule has 1 N–H and O–H groups in total. The Morgan fingerprint density at radius 1 is 1.07 bits per heavy atom. The number of ether oxygens (including phenoxy) is 1. The van der Waals surface area contributed by atoms with Gasteiger partial charge in [-0.2, -0.15) is 0 Å². The first-order valence-corrected chi connectivity index (χ1v) is 9.57. The highest BCUT2D eigenvalue weighted by Gasteiger charge is 2.13. The van der Waals surface area contributed by atoms with E-state index in [9.17, 15) is 9.59 Å². The van der Waals surface area contributed by atoms with Gasteiger partial charge >= 0.3 is 5.97 Å². The van der Waals surface area contributed by atoms with Crippen molar-refractivity contribution in [3.8, 4) is 0 Å². The predicted octanol–water partition coefficient (Wildman–Crippen LogP) is 4.41. The van der Waals surface area contributed by atoms with Crippen LogP contribution in [0, 0.1) is 0 Å². The van der Waals surface area contributed by atoms with Crippen LogP contribution in [0.25, 0.3) is 27.9 Å². The van der Waals surface area contributed by atoms with Crippen molar-refractivity contribution >= 4 is 39.8 Å². The van der Waals surface area contributed by atoms with Gasteiger partial charge in [0.25, 0.3) is 5.91 Å². The zero-order valence-electron chi connectivity index (χ0n) is 16.4. The normalized spacial score (nSPS) is 12.3. The van der Waals surface area contributed by atoms with Crippen LogP contribution in [0.15, 0.2) is 77.2 Å². The molecule has 6 nitrogen and oxygen atoms in total. The predicted molar refractivity (Wildman–Crippen MR) is 115 cm³/mol. The number of benzene rings is 3. The average molecular weight is 400 g/mol. The molecular weight excluding hydrogens is 380 g/mol. The second-order valence-electron chi connectivity index (χ2n) is 6.82. The number of para-hydroxylation sites is 2. The Morgan fingerprint density at radius 2 is 1.83 bits per heavy atom. The molecule has 0 unspecified atom stereocenters. The molecule has 0 bridgehead atoms. The molecule has 0 fully saturated rings. The van der Waals surface area contributed by atoms with Crippen LogP contribution < -0.4 is 5.32 Å². The molecule has 3 aromatic carbocycles. The molecule has 4 rings (SSSR count). The average Bonchev–Trinajstić information content (AvgIpc) is 3.19. The maximum atomic E-state index is 12.2. The first kappa shape index (κ1) is 19.4. The molecule has 1 amide bonds. The van der Waals surface area contributed by atoms with E-state index in [0.717, 1.165) is 16.3 Å². The minimum absolute atomic E-state index is 0.224. The lowest BCUT2D eigenvalue weighted by Gasteiger charge is -2.16. The van der Waals surface area contributed by atoms with Crippen molar-refractivity contribution in [2.24, 2.45) is 0 Å². The maximum Gasteiger partial charge on any atom is 0.331 e. The van der Waals surface area contributed by atoms with Gasteiger partial charge in [0.2, 0.25) is 5.89 Å². The summed E-state index contributed by atoms with van der Waals surface area (Å²) in [5, 5.41) is 5.04. The van der Waals surface area contributed by atoms with Crippen LogP contribution in [0.1, 0.15) is 24.4 Å². The maximum absolute atomic E-state index is 12.2. The third-order valence-electron chi connectivity index (χ3n) is 4.69. The molecule has 0 radical (unpaired) electrons. The molecule has 0 aliphatic rings. The second kappa shape index (κ2) is 8.61. The van der Waals surface area contributed by atoms with Crippen molar-refractivity contribution in [3.05, 3.63) is 84.3 Å². The summed E-state index contributed by atoms with van der Waals surface area (Å²) in [7, 11) is 0. The van der Waals surface area contributed by atoms with Crippen LogP contribution in [-0.2, 0) is 14.3 Å². The van der Waals surface area contributed by atoms with Crippen molar-refractivity contribution in [1.29, 1.82) is 0 Å². The highest BCUT2D eigenvalue weighted by Crippen LogP contribution is 2.24. The van der Waals surface area contributed by atoms with Crippen LogP contribution in [0.3, 0.4) is 0 Å². The topological polar surface area (TPSA) is 81.4 Å². The number of hydrogen-bond donors (Lipinski definition) is 1. The van der Waals surface area contributed by atoms with Gasteiger partial charge in [-0.1, -0.05) is 54.6 Å². The Hall–Kier alpha value is -3.93. The minimum atomic E-state index is -0.648. The van der Waals surface area contributed by atoms with E-state index >= 15 is 0 Å². The van der Waals surface area contributed by atoms with E-state index in [1.165, 1.54) is 12.2 Å². The van der Waals surface area contributed by atoms with E-state index in [0.29, 0.717) is 17.0 Å². The van der Waals surface area contributed by atoms with Gasteiger partial charge in [-0.25, -0.2) is 9.78 Å². The van der Waals surface area contributed by atoms with E-state index in [-0.39, 0.29) is 18.6 Å². The summed E-state index contributed by atoms with van der Waals surface area (Å²) in [6.07, 6.45) is 2.60. The number of amides is 1. The van der Waals surface area contributed by atoms with Gasteiger partial charge in [0, 0.05) is 12.2 Å². The number of carbonyl (C=O) groups excluding carboxylic acids is 2. The largest absolute Gasteiger partial charge is 0.452 e. The molecule has 1 heterocycles. The first-order chi connectivity index (χ1) is 14.6. The Bertz CT molecular complexity index is 1200. The monoisotopic (exact) mass is 400 g/mol. The molecule has 0 saturated heterocycles. The summed E-state index contributed by atoms with van der Waals surface area (Å²) in [6, 6.07) is 21.0. The number of esters is 1. The number of carbonyl (C=O) groups is 2. The number of nitrogens with one attached hydrogen (secondary N) is 1. The highest BCUT2D eigenvalue weighted by molar-refractivity contribution is 5.90. The molecule has 1 atom stereocenters. The van der Waals surface area contributed by atoms with E-state index in [1.807, 2.05) is 67.6 Å². The van der Waals surface area contributed by atoms with E-state index in [2.05, 4.69) is 10.3 Å². The van der Waals surface area contributed by atoms with Gasteiger partial charge in [0.15, 0.2) is 12.2 Å². The minimum Gasteiger partial charge on any atom is -0.452 e. The zero-order chi connectivity index (χ0) is 20.9. The summed E-state index contributed by atoms with van der Waals surface area (Å²) in [6.45, 7) is 1.53. The lowest BCUT2D eigenvalue weighted by molar-refractivity contribution is -0.144. The molecule has 1 aromatic heterocycles. The van der Waals surface area contributed by atoms with Crippen LogP contribution >= 0.6 is 0 Å². The molecule has 0 saturated carbocycles. The Morgan fingerprint density at radius 3 is 2.70 bits per heavy atom. The molecule has 30 heavy (non-hydrogen) atoms. The summed E-state index contributed by atoms with van der Waals surface area (Å²) in [5.41, 5.74) is 2.34. The van der Waals surface area contributed by atoms with Crippen molar-refractivity contribution in [2.75, 3.05) is 6.61 Å². The standard InChI is InChI=1S/C24H20N2O4/c1-16(18-10-6-8-17-7-2-3-9-19(17)18)25-22(27)15-29-24(28)14-13-23-26-20-11-4-5-12-21(20)30-23/h2-14,16H,15H2,1H3,(H,25,27)/b14-13+/t16-/m1/s1.